The summed E-state index contributed by atoms with van der Waals surface area (Å²) in [6.45, 7) is 1.91. The van der Waals surface area contributed by atoms with Crippen molar-refractivity contribution in [3.8, 4) is 0 Å². The van der Waals surface area contributed by atoms with Crippen molar-refractivity contribution in [3.63, 3.8) is 0 Å². The third-order valence-corrected chi connectivity index (χ3v) is 2.66. The van der Waals surface area contributed by atoms with Gasteiger partial charge in [-0.25, -0.2) is 4.39 Å². The highest BCUT2D eigenvalue weighted by molar-refractivity contribution is 6.31. The first-order chi connectivity index (χ1) is 6.64. The van der Waals surface area contributed by atoms with Crippen LogP contribution in [0.1, 0.15) is 25.3 Å². The molecule has 14 heavy (non-hydrogen) atoms. The Labute approximate surface area is 89.1 Å². The smallest absolute Gasteiger partial charge is 0.149 e. The first-order valence-corrected chi connectivity index (χ1v) is 5.16. The van der Waals surface area contributed by atoms with Crippen LogP contribution in [0.25, 0.3) is 0 Å². The Kier molecular flexibility index (Phi) is 3.90. The summed E-state index contributed by atoms with van der Waals surface area (Å²) in [5.74, 6) is 0. The zero-order valence-corrected chi connectivity index (χ0v) is 9.02. The van der Waals surface area contributed by atoms with Crippen molar-refractivity contribution < 1.29 is 4.39 Å². The second-order valence-electron chi connectivity index (χ2n) is 3.40. The van der Waals surface area contributed by atoms with Crippen LogP contribution in [0.4, 0.5) is 4.39 Å². The highest BCUT2D eigenvalue weighted by Gasteiger charge is 2.30. The number of hydrogen-bond donors (Lipinski definition) is 1. The molecule has 0 bridgehead atoms. The molecular formula is C11H15ClFN. The van der Waals surface area contributed by atoms with E-state index in [1.165, 1.54) is 0 Å². The lowest BCUT2D eigenvalue weighted by Crippen LogP contribution is -2.30. The van der Waals surface area contributed by atoms with Gasteiger partial charge in [-0.3, -0.25) is 0 Å². The van der Waals surface area contributed by atoms with Crippen molar-refractivity contribution in [3.05, 3.63) is 34.9 Å². The molecule has 1 aromatic carbocycles. The van der Waals surface area contributed by atoms with E-state index in [1.807, 2.05) is 6.92 Å². The Hall–Kier alpha value is -0.600. The van der Waals surface area contributed by atoms with E-state index in [2.05, 4.69) is 0 Å². The van der Waals surface area contributed by atoms with Gasteiger partial charge in [0.15, 0.2) is 0 Å². The van der Waals surface area contributed by atoms with Gasteiger partial charge in [0, 0.05) is 17.1 Å². The Balaban J connectivity index is 3.05. The molecule has 78 valence electrons. The standard InChI is InChI=1S/C11H15ClFN/c1-2-7-11(13,8-14)9-5-3-4-6-10(9)12/h3-6H,2,7-8,14H2,1H3. The quantitative estimate of drug-likeness (QED) is 0.820. The SMILES string of the molecule is CCCC(F)(CN)c1ccccc1Cl. The van der Waals surface area contributed by atoms with Gasteiger partial charge in [0.05, 0.1) is 0 Å². The minimum atomic E-state index is -1.48. The summed E-state index contributed by atoms with van der Waals surface area (Å²) < 4.78 is 14.3. The lowest BCUT2D eigenvalue weighted by atomic mass is 9.91. The van der Waals surface area contributed by atoms with E-state index in [1.54, 1.807) is 24.3 Å². The van der Waals surface area contributed by atoms with Gasteiger partial charge in [0.25, 0.3) is 0 Å². The van der Waals surface area contributed by atoms with E-state index in [-0.39, 0.29) is 6.54 Å². The Morgan fingerprint density at radius 1 is 1.43 bits per heavy atom. The summed E-state index contributed by atoms with van der Waals surface area (Å²) in [7, 11) is 0. The monoisotopic (exact) mass is 215 g/mol. The van der Waals surface area contributed by atoms with Crippen LogP contribution in [-0.4, -0.2) is 6.54 Å². The highest BCUT2D eigenvalue weighted by atomic mass is 35.5. The van der Waals surface area contributed by atoms with E-state index in [0.29, 0.717) is 17.0 Å². The van der Waals surface area contributed by atoms with Crippen LogP contribution in [0.5, 0.6) is 0 Å². The highest BCUT2D eigenvalue weighted by Crippen LogP contribution is 2.34. The fraction of sp³-hybridized carbons (Fsp3) is 0.455. The van der Waals surface area contributed by atoms with Crippen LogP contribution in [0.15, 0.2) is 24.3 Å². The van der Waals surface area contributed by atoms with Gasteiger partial charge in [-0.05, 0) is 12.5 Å². The molecule has 0 aliphatic rings. The second-order valence-corrected chi connectivity index (χ2v) is 3.81. The molecule has 0 amide bonds. The number of alkyl halides is 1. The molecule has 0 fully saturated rings. The van der Waals surface area contributed by atoms with Crippen LogP contribution in [0, 0.1) is 0 Å². The van der Waals surface area contributed by atoms with E-state index in [4.69, 9.17) is 17.3 Å². The molecule has 0 spiro atoms. The van der Waals surface area contributed by atoms with Crippen molar-refractivity contribution in [1.82, 2.24) is 0 Å². The molecule has 0 aliphatic heterocycles. The molecule has 1 aromatic rings. The van der Waals surface area contributed by atoms with Crippen molar-refractivity contribution in [2.45, 2.75) is 25.4 Å². The first kappa shape index (κ1) is 11.5. The van der Waals surface area contributed by atoms with Crippen molar-refractivity contribution in [2.75, 3.05) is 6.54 Å². The van der Waals surface area contributed by atoms with E-state index in [9.17, 15) is 4.39 Å². The lowest BCUT2D eigenvalue weighted by molar-refractivity contribution is 0.159. The normalized spacial score (nSPS) is 15.1. The molecule has 3 heteroatoms. The third kappa shape index (κ3) is 2.25. The molecule has 0 saturated heterocycles. The molecular weight excluding hydrogens is 201 g/mol. The van der Waals surface area contributed by atoms with Gasteiger partial charge in [-0.15, -0.1) is 0 Å². The van der Waals surface area contributed by atoms with Gasteiger partial charge >= 0.3 is 0 Å². The molecule has 1 rings (SSSR count). The summed E-state index contributed by atoms with van der Waals surface area (Å²) in [4.78, 5) is 0. The maximum Gasteiger partial charge on any atom is 0.149 e. The predicted molar refractivity (Wildman–Crippen MR) is 58.2 cm³/mol. The lowest BCUT2D eigenvalue weighted by Gasteiger charge is -2.24. The van der Waals surface area contributed by atoms with Crippen molar-refractivity contribution in [2.24, 2.45) is 5.73 Å². The number of benzene rings is 1. The van der Waals surface area contributed by atoms with Crippen molar-refractivity contribution >= 4 is 11.6 Å². The summed E-state index contributed by atoms with van der Waals surface area (Å²) in [6, 6.07) is 6.96. The largest absolute Gasteiger partial charge is 0.327 e. The van der Waals surface area contributed by atoms with Crippen LogP contribution < -0.4 is 5.73 Å². The maximum atomic E-state index is 14.3. The number of nitrogens with two attached hydrogens (primary N) is 1. The van der Waals surface area contributed by atoms with Gasteiger partial charge in [-0.2, -0.15) is 0 Å². The van der Waals surface area contributed by atoms with Gasteiger partial charge < -0.3 is 5.73 Å². The van der Waals surface area contributed by atoms with Gasteiger partial charge in [-0.1, -0.05) is 43.1 Å². The minimum absolute atomic E-state index is 0.0232. The van der Waals surface area contributed by atoms with Gasteiger partial charge in [0.1, 0.15) is 5.67 Å². The summed E-state index contributed by atoms with van der Waals surface area (Å²) in [5, 5.41) is 0.453. The average Bonchev–Trinajstić information content (AvgIpc) is 2.18. The summed E-state index contributed by atoms with van der Waals surface area (Å²) in [5.41, 5.74) is 4.49. The molecule has 1 atom stereocenters. The van der Waals surface area contributed by atoms with Crippen LogP contribution in [-0.2, 0) is 5.67 Å². The molecule has 0 aromatic heterocycles. The predicted octanol–water partition coefficient (Wildman–Crippen LogP) is 3.26. The van der Waals surface area contributed by atoms with Crippen LogP contribution in [0.3, 0.4) is 0 Å². The average molecular weight is 216 g/mol. The number of halogens is 2. The topological polar surface area (TPSA) is 26.0 Å². The van der Waals surface area contributed by atoms with Crippen LogP contribution in [0.2, 0.25) is 5.02 Å². The molecule has 1 unspecified atom stereocenters. The fourth-order valence-electron chi connectivity index (χ4n) is 1.57. The summed E-state index contributed by atoms with van der Waals surface area (Å²) >= 11 is 5.93. The molecule has 0 aliphatic carbocycles. The van der Waals surface area contributed by atoms with Crippen LogP contribution >= 0.6 is 11.6 Å². The zero-order chi connectivity index (χ0) is 10.6. The Morgan fingerprint density at radius 2 is 2.07 bits per heavy atom. The molecule has 0 saturated carbocycles. The fourth-order valence-corrected chi connectivity index (χ4v) is 1.87. The Bertz CT molecular complexity index is 303. The van der Waals surface area contributed by atoms with Gasteiger partial charge in [0.2, 0.25) is 0 Å². The molecule has 2 N–H and O–H groups in total. The third-order valence-electron chi connectivity index (χ3n) is 2.33. The molecule has 1 nitrogen and oxygen atoms in total. The minimum Gasteiger partial charge on any atom is -0.327 e. The Morgan fingerprint density at radius 3 is 2.57 bits per heavy atom. The van der Waals surface area contributed by atoms with Crippen molar-refractivity contribution in [1.29, 1.82) is 0 Å². The number of rotatable bonds is 4. The second kappa shape index (κ2) is 4.76. The number of hydrogen-bond acceptors (Lipinski definition) is 1. The summed E-state index contributed by atoms with van der Waals surface area (Å²) in [6.07, 6.45) is 1.16. The molecule has 0 radical (unpaired) electrons. The van der Waals surface area contributed by atoms with E-state index < -0.39 is 5.67 Å². The zero-order valence-electron chi connectivity index (χ0n) is 8.26. The maximum absolute atomic E-state index is 14.3. The van der Waals surface area contributed by atoms with E-state index >= 15 is 0 Å². The first-order valence-electron chi connectivity index (χ1n) is 4.78. The van der Waals surface area contributed by atoms with E-state index in [0.717, 1.165) is 6.42 Å². The molecule has 0 heterocycles.